The molecule has 0 radical (unpaired) electrons. The lowest BCUT2D eigenvalue weighted by molar-refractivity contribution is -0.144. The third kappa shape index (κ3) is 28.9. The van der Waals surface area contributed by atoms with Crippen molar-refractivity contribution < 1.29 is 78.3 Å². The number of aliphatic carboxylic acids is 1. The number of carbonyl (C=O) groups excluding carboxylic acids is 10. The molecule has 0 aromatic carbocycles. The van der Waals surface area contributed by atoms with E-state index in [4.69, 9.17) is 5.73 Å². The zero-order valence-electron chi connectivity index (χ0n) is 49.1. The van der Waals surface area contributed by atoms with E-state index < -0.39 is 163 Å². The van der Waals surface area contributed by atoms with Crippen molar-refractivity contribution in [1.29, 1.82) is 0 Å². The molecule has 0 aliphatic heterocycles. The molecule has 16 N–H and O–H groups in total. The van der Waals surface area contributed by atoms with E-state index in [1.165, 1.54) is 6.92 Å². The summed E-state index contributed by atoms with van der Waals surface area (Å²) in [6, 6.07) is -13.4. The monoisotopic (exact) mass is 1140 g/mol. The van der Waals surface area contributed by atoms with E-state index in [0.29, 0.717) is 12.8 Å². The molecule has 0 aromatic heterocycles. The number of carbonyl (C=O) groups is 11. The normalized spacial score (nSPS) is 16.0. The first-order valence-electron chi connectivity index (χ1n) is 28.1. The highest BCUT2D eigenvalue weighted by molar-refractivity contribution is 5.98. The minimum Gasteiger partial charge on any atom is -0.480 e. The number of aliphatic hydroxyl groups excluding tert-OH is 4. The van der Waals surface area contributed by atoms with Crippen LogP contribution in [0.1, 0.15) is 167 Å². The van der Waals surface area contributed by atoms with Gasteiger partial charge in [-0.2, -0.15) is 0 Å². The van der Waals surface area contributed by atoms with Gasteiger partial charge in [-0.1, -0.05) is 115 Å². The van der Waals surface area contributed by atoms with Crippen molar-refractivity contribution in [3.8, 4) is 0 Å². The van der Waals surface area contributed by atoms with Crippen LogP contribution in [-0.4, -0.2) is 170 Å². The summed E-state index contributed by atoms with van der Waals surface area (Å²) in [5, 5.41) is 73.3. The Bertz CT molecular complexity index is 2010. The van der Waals surface area contributed by atoms with Crippen molar-refractivity contribution in [1.82, 2.24) is 47.9 Å². The van der Waals surface area contributed by atoms with Crippen molar-refractivity contribution in [3.63, 3.8) is 0 Å². The van der Waals surface area contributed by atoms with Gasteiger partial charge in [-0.05, 0) is 68.6 Å². The summed E-state index contributed by atoms with van der Waals surface area (Å²) in [6.07, 6.45) is 2.00. The molecule has 26 nitrogen and oxygen atoms in total. The van der Waals surface area contributed by atoms with Gasteiger partial charge in [0, 0.05) is 6.42 Å². The van der Waals surface area contributed by atoms with E-state index in [0.717, 1.165) is 32.1 Å². The fraction of sp³-hybridized carbons (Fsp3) is 0.796. The lowest BCUT2D eigenvalue weighted by Crippen LogP contribution is -2.63. The Labute approximate surface area is 471 Å². The Morgan fingerprint density at radius 1 is 0.438 bits per heavy atom. The molecule has 0 aliphatic rings. The van der Waals surface area contributed by atoms with Crippen LogP contribution in [0.4, 0.5) is 0 Å². The van der Waals surface area contributed by atoms with Crippen molar-refractivity contribution in [2.24, 2.45) is 35.3 Å². The van der Waals surface area contributed by atoms with Crippen LogP contribution in [0.5, 0.6) is 0 Å². The predicted octanol–water partition coefficient (Wildman–Crippen LogP) is -0.983. The lowest BCUT2D eigenvalue weighted by atomic mass is 9.98. The van der Waals surface area contributed by atoms with Crippen molar-refractivity contribution in [2.45, 2.75) is 233 Å². The third-order valence-electron chi connectivity index (χ3n) is 13.1. The lowest BCUT2D eigenvalue weighted by Gasteiger charge is -2.30. The van der Waals surface area contributed by atoms with Crippen LogP contribution in [0, 0.1) is 29.6 Å². The molecule has 0 unspecified atom stereocenters. The van der Waals surface area contributed by atoms with Crippen LogP contribution < -0.4 is 53.6 Å². The highest BCUT2D eigenvalue weighted by Gasteiger charge is 2.38. The maximum atomic E-state index is 14.0. The second kappa shape index (κ2) is 38.6. The second-order valence-electron chi connectivity index (χ2n) is 22.4. The number of hydrogen-bond donors (Lipinski definition) is 15. The fourth-order valence-corrected chi connectivity index (χ4v) is 8.33. The van der Waals surface area contributed by atoms with E-state index in [2.05, 4.69) is 54.8 Å². The predicted molar refractivity (Wildman–Crippen MR) is 296 cm³/mol. The Balaban J connectivity index is 6.39. The molecule has 80 heavy (non-hydrogen) atoms. The van der Waals surface area contributed by atoms with Crippen molar-refractivity contribution in [3.05, 3.63) is 0 Å². The number of amides is 10. The molecule has 0 saturated heterocycles. The third-order valence-corrected chi connectivity index (χ3v) is 13.1. The number of primary amides is 1. The van der Waals surface area contributed by atoms with Crippen LogP contribution in [-0.2, 0) is 52.7 Å². The number of unbranched alkanes of at least 4 members (excludes halogenated alkanes) is 4. The van der Waals surface area contributed by atoms with Gasteiger partial charge in [0.05, 0.1) is 31.8 Å². The zero-order chi connectivity index (χ0) is 61.6. The average Bonchev–Trinajstić information content (AvgIpc) is 3.36. The summed E-state index contributed by atoms with van der Waals surface area (Å²) in [5.74, 6) is -12.4. The van der Waals surface area contributed by atoms with Gasteiger partial charge in [0.2, 0.25) is 59.1 Å². The number of carboxylic acid groups (broad SMARTS) is 1. The average molecular weight is 1140 g/mol. The summed E-state index contributed by atoms with van der Waals surface area (Å²) < 4.78 is 0. The zero-order valence-corrected chi connectivity index (χ0v) is 49.1. The van der Waals surface area contributed by atoms with Crippen LogP contribution in [0.2, 0.25) is 0 Å². The molecule has 0 aliphatic carbocycles. The molecule has 0 aromatic rings. The van der Waals surface area contributed by atoms with Crippen molar-refractivity contribution >= 4 is 65.0 Å². The number of aliphatic hydroxyl groups is 4. The second-order valence-corrected chi connectivity index (χ2v) is 22.4. The number of rotatable bonds is 41. The molecule has 10 amide bonds. The molecule has 0 fully saturated rings. The Kier molecular flexibility index (Phi) is 35.7. The van der Waals surface area contributed by atoms with Gasteiger partial charge in [0.25, 0.3) is 0 Å². The summed E-state index contributed by atoms with van der Waals surface area (Å²) in [4.78, 5) is 146. The SMILES string of the molecule is CCCCCCC[C@@H](O)CC(=O)N[C@@H](CC(C)C)C(=O)N[C@H](CCC(N)=O)C(=O)N[C@@H](C(=O)N[C@@H](C(=O)N[C@H](CC(C)C)C(=O)N[C@H](CO)C(=O)N[C@@H](CC(C)C)C(=O)N[C@H](CO)C(=O)N[C@H](C(=O)O)[C@@H](C)CC)C(C)C)[C@@H](C)O. The van der Waals surface area contributed by atoms with Gasteiger partial charge in [0.15, 0.2) is 0 Å². The van der Waals surface area contributed by atoms with Gasteiger partial charge in [0.1, 0.15) is 54.4 Å². The smallest absolute Gasteiger partial charge is 0.326 e. The Morgan fingerprint density at radius 3 is 1.23 bits per heavy atom. The van der Waals surface area contributed by atoms with Crippen LogP contribution in [0.15, 0.2) is 0 Å². The van der Waals surface area contributed by atoms with Gasteiger partial charge < -0.3 is 79.1 Å². The number of carboxylic acids is 1. The molecule has 0 spiro atoms. The minimum absolute atomic E-state index is 0.0271. The van der Waals surface area contributed by atoms with Gasteiger partial charge >= 0.3 is 5.97 Å². The number of hydrogen-bond acceptors (Lipinski definition) is 15. The summed E-state index contributed by atoms with van der Waals surface area (Å²) in [7, 11) is 0. The molecule has 0 heterocycles. The minimum atomic E-state index is -1.77. The Morgan fingerprint density at radius 2 is 0.812 bits per heavy atom. The van der Waals surface area contributed by atoms with Crippen LogP contribution >= 0.6 is 0 Å². The molecular formula is C54H98N10O16. The fourth-order valence-electron chi connectivity index (χ4n) is 8.33. The van der Waals surface area contributed by atoms with E-state index in [1.54, 1.807) is 69.2 Å². The van der Waals surface area contributed by atoms with E-state index in [-0.39, 0.29) is 49.9 Å². The quantitative estimate of drug-likeness (QED) is 0.0327. The maximum absolute atomic E-state index is 14.0. The first-order chi connectivity index (χ1) is 37.3. The first-order valence-corrected chi connectivity index (χ1v) is 28.1. The molecular weight excluding hydrogens is 1040 g/mol. The first kappa shape index (κ1) is 74.0. The maximum Gasteiger partial charge on any atom is 0.326 e. The molecule has 0 rings (SSSR count). The molecule has 0 bridgehead atoms. The van der Waals surface area contributed by atoms with E-state index in [9.17, 15) is 78.3 Å². The van der Waals surface area contributed by atoms with Crippen LogP contribution in [0.25, 0.3) is 0 Å². The standard InChI is InChI=1S/C54H98N10O16/c1-13-15-16-17-18-19-34(68)25-42(70)56-36(22-28(3)4)47(72)57-35(20-21-41(55)69)46(71)64-45(33(12)67)53(78)62-43(31(9)10)52(77)59-38(24-30(7)8)49(74)60-39(26-65)50(75)58-37(23-29(5)6)48(73)61-40(27-66)51(76)63-44(54(79)80)32(11)14-2/h28-40,43-45,65-68H,13-27H2,1-12H3,(H2,55,69)(H,56,70)(H,57,72)(H,58,75)(H,59,77)(H,60,74)(H,61,73)(H,62,78)(H,63,76)(H,64,71)(H,79,80)/t32-,33+,34+,35+,36-,37-,38+,39+,40+,43+,44-,45+/m0/s1. The van der Waals surface area contributed by atoms with E-state index >= 15 is 0 Å². The van der Waals surface area contributed by atoms with E-state index in [1.807, 2.05) is 0 Å². The van der Waals surface area contributed by atoms with Crippen LogP contribution in [0.3, 0.4) is 0 Å². The Hall–Kier alpha value is -5.99. The summed E-state index contributed by atoms with van der Waals surface area (Å²) in [6.45, 7) is 18.3. The number of nitrogens with two attached hydrogens (primary N) is 1. The van der Waals surface area contributed by atoms with Gasteiger partial charge in [-0.25, -0.2) is 4.79 Å². The van der Waals surface area contributed by atoms with Crippen molar-refractivity contribution in [2.75, 3.05) is 13.2 Å². The largest absolute Gasteiger partial charge is 0.480 e. The highest BCUT2D eigenvalue weighted by atomic mass is 16.4. The summed E-state index contributed by atoms with van der Waals surface area (Å²) >= 11 is 0. The molecule has 460 valence electrons. The van der Waals surface area contributed by atoms with Gasteiger partial charge in [-0.15, -0.1) is 0 Å². The van der Waals surface area contributed by atoms with Gasteiger partial charge in [-0.3, -0.25) is 47.9 Å². The molecule has 12 atom stereocenters. The topological polar surface area (TPSA) is 423 Å². The molecule has 26 heteroatoms. The summed E-state index contributed by atoms with van der Waals surface area (Å²) in [5.41, 5.74) is 5.39. The molecule has 0 saturated carbocycles. The number of nitrogens with one attached hydrogen (secondary N) is 9. The highest BCUT2D eigenvalue weighted by Crippen LogP contribution is 2.15.